The Morgan fingerprint density at radius 1 is 0.969 bits per heavy atom. The van der Waals surface area contributed by atoms with Crippen LogP contribution in [0.4, 0.5) is 17.2 Å². The molecule has 1 atom stereocenters. The smallest absolute Gasteiger partial charge is 0.249 e. The minimum Gasteiger partial charge on any atom is -0.353 e. The number of guanidine groups is 1. The molecule has 4 rings (SSSR count). The first-order valence-electron chi connectivity index (χ1n) is 10.4. The molecule has 1 fully saturated rings. The number of piperazine rings is 1. The number of nitrogens with one attached hydrogen (secondary N) is 3. The number of aliphatic imine (C=N–C) groups is 1. The van der Waals surface area contributed by atoms with Crippen LogP contribution in [0.1, 0.15) is 13.3 Å². The summed E-state index contributed by atoms with van der Waals surface area (Å²) in [5.74, 6) is 0.601. The third kappa shape index (κ3) is 5.20. The summed E-state index contributed by atoms with van der Waals surface area (Å²) in [4.78, 5) is 49.2. The van der Waals surface area contributed by atoms with E-state index in [0.717, 1.165) is 18.9 Å². The molecule has 1 aromatic heterocycles. The van der Waals surface area contributed by atoms with Crippen LogP contribution in [0.25, 0.3) is 0 Å². The average molecular weight is 435 g/mol. The van der Waals surface area contributed by atoms with Crippen LogP contribution in [0, 0.1) is 0 Å². The molecule has 2 aromatic rings. The molecule has 2 aliphatic heterocycles. The Labute approximate surface area is 185 Å². The van der Waals surface area contributed by atoms with Gasteiger partial charge in [-0.15, -0.1) is 0 Å². The molecule has 2 aliphatic rings. The molecule has 3 heterocycles. The van der Waals surface area contributed by atoms with Crippen molar-refractivity contribution in [2.24, 2.45) is 4.99 Å². The van der Waals surface area contributed by atoms with E-state index >= 15 is 0 Å². The molecule has 1 aromatic carbocycles. The second-order valence-electron chi connectivity index (χ2n) is 7.63. The molecular weight excluding hydrogens is 410 g/mol. The van der Waals surface area contributed by atoms with Gasteiger partial charge in [0.25, 0.3) is 0 Å². The fourth-order valence-electron chi connectivity index (χ4n) is 3.64. The van der Waals surface area contributed by atoms with Crippen LogP contribution < -0.4 is 20.9 Å². The van der Waals surface area contributed by atoms with Gasteiger partial charge < -0.3 is 20.4 Å². The van der Waals surface area contributed by atoms with Crippen LogP contribution in [0.15, 0.2) is 53.7 Å². The number of hydrogen-bond acceptors (Lipinski definition) is 7. The molecule has 0 radical (unpaired) electrons. The van der Waals surface area contributed by atoms with Gasteiger partial charge in [-0.25, -0.2) is 9.98 Å². The number of anilines is 3. The summed E-state index contributed by atoms with van der Waals surface area (Å²) in [7, 11) is 0. The topological polar surface area (TPSA) is 119 Å². The Morgan fingerprint density at radius 2 is 1.62 bits per heavy atom. The van der Waals surface area contributed by atoms with E-state index in [9.17, 15) is 14.4 Å². The summed E-state index contributed by atoms with van der Waals surface area (Å²) in [5.41, 5.74) is 1.20. The highest BCUT2D eigenvalue weighted by Gasteiger charge is 2.30. The van der Waals surface area contributed by atoms with E-state index in [1.165, 1.54) is 6.92 Å². The van der Waals surface area contributed by atoms with Crippen LogP contribution in [0.2, 0.25) is 0 Å². The Bertz CT molecular complexity index is 1020. The number of benzene rings is 1. The van der Waals surface area contributed by atoms with E-state index < -0.39 is 6.04 Å². The van der Waals surface area contributed by atoms with Crippen LogP contribution in [0.3, 0.4) is 0 Å². The van der Waals surface area contributed by atoms with Gasteiger partial charge in [0.15, 0.2) is 0 Å². The minimum absolute atomic E-state index is 0.00674. The van der Waals surface area contributed by atoms with E-state index in [1.54, 1.807) is 30.5 Å². The highest BCUT2D eigenvalue weighted by atomic mass is 16.2. The number of pyridine rings is 1. The highest BCUT2D eigenvalue weighted by Crippen LogP contribution is 2.17. The number of carbonyl (C=O) groups excluding carboxylic acids is 3. The average Bonchev–Trinajstić information content (AvgIpc) is 2.80. The number of aromatic nitrogens is 1. The van der Waals surface area contributed by atoms with Crippen LogP contribution >= 0.6 is 0 Å². The molecule has 166 valence electrons. The minimum atomic E-state index is -0.803. The number of amides is 3. The zero-order valence-electron chi connectivity index (χ0n) is 17.7. The highest BCUT2D eigenvalue weighted by molar-refractivity contribution is 6.06. The third-order valence-corrected chi connectivity index (χ3v) is 5.24. The van der Waals surface area contributed by atoms with Crippen LogP contribution in [0.5, 0.6) is 0 Å². The van der Waals surface area contributed by atoms with E-state index in [4.69, 9.17) is 0 Å². The fraction of sp³-hybridized carbons (Fsp3) is 0.318. The van der Waals surface area contributed by atoms with E-state index in [2.05, 4.69) is 30.8 Å². The van der Waals surface area contributed by atoms with Gasteiger partial charge in [-0.2, -0.15) is 0 Å². The van der Waals surface area contributed by atoms with Gasteiger partial charge >= 0.3 is 0 Å². The first-order valence-corrected chi connectivity index (χ1v) is 10.4. The van der Waals surface area contributed by atoms with Gasteiger partial charge in [0.05, 0.1) is 6.42 Å². The molecule has 10 nitrogen and oxygen atoms in total. The lowest BCUT2D eigenvalue weighted by molar-refractivity contribution is -0.125. The first kappa shape index (κ1) is 21.3. The lowest BCUT2D eigenvalue weighted by atomic mass is 10.1. The van der Waals surface area contributed by atoms with Crippen LogP contribution in [-0.4, -0.2) is 65.8 Å². The van der Waals surface area contributed by atoms with Gasteiger partial charge in [-0.1, -0.05) is 6.07 Å². The van der Waals surface area contributed by atoms with Crippen molar-refractivity contribution < 1.29 is 14.4 Å². The van der Waals surface area contributed by atoms with Crippen molar-refractivity contribution in [3.63, 3.8) is 0 Å². The first-order chi connectivity index (χ1) is 15.5. The van der Waals surface area contributed by atoms with Gasteiger partial charge in [-0.3, -0.25) is 19.7 Å². The summed E-state index contributed by atoms with van der Waals surface area (Å²) >= 11 is 0. The Balaban J connectivity index is 1.38. The third-order valence-electron chi connectivity index (χ3n) is 5.24. The standard InChI is InChI=1S/C22H25N7O3/c1-15(30)24-16-5-7-17(8-6-16)25-21(32)18-14-20(31)27-22(26-18)29-12-10-28(11-13-29)19-4-2-3-9-23-19/h2-9,18H,10-14H2,1H3,(H,24,30)(H,25,32)(H,26,27,31)/t18-/m0/s1. The number of hydrogen-bond donors (Lipinski definition) is 3. The molecule has 0 aliphatic carbocycles. The maximum absolute atomic E-state index is 12.7. The lowest BCUT2D eigenvalue weighted by Crippen LogP contribution is -2.56. The molecule has 0 spiro atoms. The number of rotatable bonds is 4. The molecule has 3 amide bonds. The summed E-state index contributed by atoms with van der Waals surface area (Å²) < 4.78 is 0. The quantitative estimate of drug-likeness (QED) is 0.660. The molecule has 32 heavy (non-hydrogen) atoms. The van der Waals surface area contributed by atoms with Gasteiger partial charge in [0.1, 0.15) is 11.9 Å². The molecule has 3 N–H and O–H groups in total. The van der Waals surface area contributed by atoms with Gasteiger partial charge in [-0.05, 0) is 36.4 Å². The normalized spacial score (nSPS) is 18.5. The zero-order chi connectivity index (χ0) is 22.5. The van der Waals surface area contributed by atoms with E-state index in [1.807, 2.05) is 23.1 Å². The fourth-order valence-corrected chi connectivity index (χ4v) is 3.64. The second kappa shape index (κ2) is 9.46. The number of carbonyl (C=O) groups is 3. The van der Waals surface area contributed by atoms with Crippen molar-refractivity contribution in [2.45, 2.75) is 19.4 Å². The molecule has 0 unspecified atom stereocenters. The van der Waals surface area contributed by atoms with Crippen molar-refractivity contribution >= 4 is 40.9 Å². The zero-order valence-corrected chi connectivity index (χ0v) is 17.7. The summed E-state index contributed by atoms with van der Waals surface area (Å²) in [5, 5.41) is 8.26. The van der Waals surface area contributed by atoms with E-state index in [-0.39, 0.29) is 24.1 Å². The Hall–Kier alpha value is -3.95. The lowest BCUT2D eigenvalue weighted by Gasteiger charge is -2.38. The maximum Gasteiger partial charge on any atom is 0.249 e. The number of nitrogens with zero attached hydrogens (tertiary/aromatic N) is 4. The largest absolute Gasteiger partial charge is 0.353 e. The molecule has 10 heteroatoms. The van der Waals surface area contributed by atoms with Crippen molar-refractivity contribution in [1.29, 1.82) is 0 Å². The summed E-state index contributed by atoms with van der Waals surface area (Å²) in [6.07, 6.45) is 1.76. The summed E-state index contributed by atoms with van der Waals surface area (Å²) in [6.45, 7) is 4.23. The molecule has 1 saturated heterocycles. The Kier molecular flexibility index (Phi) is 6.29. The second-order valence-corrected chi connectivity index (χ2v) is 7.63. The van der Waals surface area contributed by atoms with Gasteiger partial charge in [0, 0.05) is 50.7 Å². The van der Waals surface area contributed by atoms with Crippen molar-refractivity contribution in [2.75, 3.05) is 41.7 Å². The molecule has 0 saturated carbocycles. The van der Waals surface area contributed by atoms with Crippen molar-refractivity contribution in [3.8, 4) is 0 Å². The van der Waals surface area contributed by atoms with Crippen molar-refractivity contribution in [1.82, 2.24) is 15.2 Å². The SMILES string of the molecule is CC(=O)Nc1ccc(NC(=O)[C@@H]2CC(=O)NC(N3CCN(c4ccccn4)CC3)=N2)cc1. The maximum atomic E-state index is 12.7. The van der Waals surface area contributed by atoms with Crippen LogP contribution in [-0.2, 0) is 14.4 Å². The predicted octanol–water partition coefficient (Wildman–Crippen LogP) is 1.05. The van der Waals surface area contributed by atoms with E-state index in [0.29, 0.717) is 30.4 Å². The molecule has 0 bridgehead atoms. The Morgan fingerprint density at radius 3 is 2.25 bits per heavy atom. The molecular formula is C22H25N7O3. The summed E-state index contributed by atoms with van der Waals surface area (Å²) in [6, 6.07) is 11.8. The van der Waals surface area contributed by atoms with Gasteiger partial charge in [0.2, 0.25) is 23.7 Å². The monoisotopic (exact) mass is 435 g/mol. The predicted molar refractivity (Wildman–Crippen MR) is 121 cm³/mol. The van der Waals surface area contributed by atoms with Crippen molar-refractivity contribution in [3.05, 3.63) is 48.7 Å².